The zero-order valence-corrected chi connectivity index (χ0v) is 4.28. The molecule has 0 aromatic rings. The molecule has 2 N–H and O–H groups in total. The number of nitrogens with one attached hydrogen (secondary N) is 1. The summed E-state index contributed by atoms with van der Waals surface area (Å²) in [6, 6.07) is 0. The van der Waals surface area contributed by atoms with Crippen LogP contribution in [0.3, 0.4) is 0 Å². The second-order valence-electron chi connectivity index (χ2n) is 1.85. The highest BCUT2D eigenvalue weighted by Gasteiger charge is 2.11. The second kappa shape index (κ2) is 2.07. The molecule has 0 bridgehead atoms. The number of carbonyl (C=O) groups excluding carboxylic acids is 1. The molecule has 0 amide bonds. The minimum absolute atomic E-state index is 0.603. The summed E-state index contributed by atoms with van der Waals surface area (Å²) < 4.78 is 0. The molecular formula is C5H10NO+. The zero-order valence-electron chi connectivity index (χ0n) is 4.28. The third-order valence-electron chi connectivity index (χ3n) is 1.15. The smallest absolute Gasteiger partial charge is 0.305 e. The maximum atomic E-state index is 8.76. The summed E-state index contributed by atoms with van der Waals surface area (Å²) in [5.41, 5.74) is 0. The Bertz CT molecular complexity index is 72.1. The highest BCUT2D eigenvalue weighted by molar-refractivity contribution is 5.82. The van der Waals surface area contributed by atoms with Crippen molar-refractivity contribution in [2.45, 2.75) is 12.8 Å². The fourth-order valence-electron chi connectivity index (χ4n) is 0.739. The first-order valence-electron chi connectivity index (χ1n) is 2.64. The average molecular weight is 100 g/mol. The highest BCUT2D eigenvalue weighted by Crippen LogP contribution is 1.92. The molecule has 0 aromatic carbocycles. The second-order valence-corrected chi connectivity index (χ2v) is 1.85. The van der Waals surface area contributed by atoms with Crippen molar-refractivity contribution < 1.29 is 4.79 Å². The van der Waals surface area contributed by atoms with Gasteiger partial charge in [-0.05, 0) is 13.0 Å². The zero-order chi connectivity index (χ0) is 5.11. The highest BCUT2D eigenvalue weighted by atomic mass is 16.1. The monoisotopic (exact) mass is 100 g/mol. The van der Waals surface area contributed by atoms with Crippen molar-refractivity contribution in [2.75, 3.05) is 13.1 Å². The van der Waals surface area contributed by atoms with Crippen LogP contribution in [0, 0.1) is 0 Å². The summed E-state index contributed by atoms with van der Waals surface area (Å²) in [6.07, 6.45) is 1.98. The normalized spacial score (nSPS) is 22.6. The molecule has 1 heterocycles. The van der Waals surface area contributed by atoms with E-state index in [0.29, 0.717) is 12.3 Å². The first kappa shape index (κ1) is 4.78. The van der Waals surface area contributed by atoms with Crippen molar-refractivity contribution in [3.63, 3.8) is 0 Å². The first-order valence-corrected chi connectivity index (χ1v) is 2.64. The topological polar surface area (TPSA) is 33.4 Å². The van der Waals surface area contributed by atoms with Crippen LogP contribution in [0.1, 0.15) is 12.8 Å². The van der Waals surface area contributed by atoms with Gasteiger partial charge in [-0.1, -0.05) is 0 Å². The van der Waals surface area contributed by atoms with Gasteiger partial charge in [0, 0.05) is 0 Å². The molecule has 0 aliphatic carbocycles. The van der Waals surface area contributed by atoms with Crippen molar-refractivity contribution in [1.82, 2.24) is 5.32 Å². The molecule has 0 saturated carbocycles. The number of hydrogen-bond donors (Lipinski definition) is 1. The van der Waals surface area contributed by atoms with Crippen LogP contribution in [-0.4, -0.2) is 23.7 Å². The molecule has 1 fully saturated rings. The summed E-state index contributed by atoms with van der Waals surface area (Å²) in [5, 5.41) is 3.05. The molecule has 0 spiro atoms. The van der Waals surface area contributed by atoms with E-state index in [1.807, 2.05) is 0 Å². The number of piperidine rings is 1. The van der Waals surface area contributed by atoms with Gasteiger partial charge in [0.2, 0.25) is 0 Å². The molecule has 40 valence electrons. The lowest BCUT2D eigenvalue weighted by molar-refractivity contribution is 0.579. The largest absolute Gasteiger partial charge is 0.306 e. The van der Waals surface area contributed by atoms with Crippen molar-refractivity contribution in [2.24, 2.45) is 0 Å². The van der Waals surface area contributed by atoms with Crippen molar-refractivity contribution in [3.8, 4) is 0 Å². The van der Waals surface area contributed by atoms with Gasteiger partial charge in [-0.2, -0.15) is 0 Å². The summed E-state index contributed by atoms with van der Waals surface area (Å²) in [6.45, 7) is 1.77. The van der Waals surface area contributed by atoms with Crippen LogP contribution in [0.2, 0.25) is 0 Å². The van der Waals surface area contributed by atoms with Gasteiger partial charge in [-0.3, -0.25) is 4.79 Å². The Kier molecular flexibility index (Phi) is 1.42. The molecule has 2 nitrogen and oxygen atoms in total. The fourth-order valence-corrected chi connectivity index (χ4v) is 0.739. The van der Waals surface area contributed by atoms with E-state index < -0.39 is 0 Å². The molecule has 7 heavy (non-hydrogen) atoms. The Morgan fingerprint density at radius 1 is 1.57 bits per heavy atom. The van der Waals surface area contributed by atoms with E-state index in [-0.39, 0.29) is 0 Å². The maximum absolute atomic E-state index is 8.76. The summed E-state index contributed by atoms with van der Waals surface area (Å²) in [7, 11) is 0. The van der Waals surface area contributed by atoms with Crippen molar-refractivity contribution in [1.29, 1.82) is 0 Å². The quantitative estimate of drug-likeness (QED) is 0.424. The number of hydrogen-bond acceptors (Lipinski definition) is 1. The maximum Gasteiger partial charge on any atom is 0.306 e. The predicted molar refractivity (Wildman–Crippen MR) is 29.0 cm³/mol. The third-order valence-corrected chi connectivity index (χ3v) is 1.15. The summed E-state index contributed by atoms with van der Waals surface area (Å²) >= 11 is 0. The van der Waals surface area contributed by atoms with Crippen LogP contribution in [0.15, 0.2) is 0 Å². The van der Waals surface area contributed by atoms with E-state index in [9.17, 15) is 0 Å². The van der Waals surface area contributed by atoms with E-state index in [2.05, 4.69) is 5.32 Å². The van der Waals surface area contributed by atoms with E-state index in [4.69, 9.17) is 4.79 Å². The van der Waals surface area contributed by atoms with Crippen LogP contribution in [0.25, 0.3) is 0 Å². The predicted octanol–water partition coefficient (Wildman–Crippen LogP) is -0.0853. The molecule has 2 heteroatoms. The Labute approximate surface area is 42.9 Å². The van der Waals surface area contributed by atoms with Gasteiger partial charge < -0.3 is 5.32 Å². The number of ketones is 1. The average Bonchev–Trinajstić information content (AvgIpc) is 1.69. The summed E-state index contributed by atoms with van der Waals surface area (Å²) in [5.74, 6) is 0.603. The van der Waals surface area contributed by atoms with Gasteiger partial charge in [-0.25, -0.2) is 0 Å². The molecule has 1 rings (SSSR count). The molecule has 0 radical (unpaired) electrons. The van der Waals surface area contributed by atoms with Gasteiger partial charge in [-0.15, -0.1) is 0 Å². The van der Waals surface area contributed by atoms with E-state index >= 15 is 0 Å². The van der Waals surface area contributed by atoms with Crippen LogP contribution >= 0.6 is 0 Å². The van der Waals surface area contributed by atoms with Gasteiger partial charge >= 0.3 is 5.78 Å². The number of rotatable bonds is 0. The van der Waals surface area contributed by atoms with Gasteiger partial charge in [0.1, 0.15) is 6.54 Å². The minimum Gasteiger partial charge on any atom is -0.305 e. The molecular weight excluding hydrogens is 90.1 g/mol. The Morgan fingerprint density at radius 3 is 2.71 bits per heavy atom. The lowest BCUT2D eigenvalue weighted by Crippen LogP contribution is -2.29. The van der Waals surface area contributed by atoms with Gasteiger partial charge in [0.05, 0.1) is 6.42 Å². The van der Waals surface area contributed by atoms with Gasteiger partial charge in [0.25, 0.3) is 0 Å². The molecule has 1 aliphatic rings. The first-order chi connectivity index (χ1) is 3.39. The van der Waals surface area contributed by atoms with Crippen LogP contribution in [-0.2, 0) is 0 Å². The van der Waals surface area contributed by atoms with Crippen LogP contribution < -0.4 is 5.32 Å². The lowest BCUT2D eigenvalue weighted by Gasteiger charge is -2.03. The Balaban J connectivity index is 2.25. The molecule has 1 saturated heterocycles. The molecule has 1 aliphatic heterocycles. The molecule has 0 unspecified atom stereocenters. The molecule has 0 atom stereocenters. The minimum atomic E-state index is 0.603. The van der Waals surface area contributed by atoms with E-state index in [1.54, 1.807) is 0 Å². The van der Waals surface area contributed by atoms with Gasteiger partial charge in [0.15, 0.2) is 0 Å². The lowest BCUT2D eigenvalue weighted by atomic mass is 10.1. The summed E-state index contributed by atoms with van der Waals surface area (Å²) in [4.78, 5) is 8.76. The standard InChI is InChI=1S/C5H9NO/c7-5-2-1-3-6-4-5/h6H,1-4H2/p+1. The SMILES string of the molecule is [OH+]=C1CCCNC1. The Morgan fingerprint density at radius 2 is 2.43 bits per heavy atom. The molecule has 0 aromatic heterocycles. The van der Waals surface area contributed by atoms with Crippen LogP contribution in [0.5, 0.6) is 0 Å². The van der Waals surface area contributed by atoms with Crippen LogP contribution in [0.4, 0.5) is 0 Å². The van der Waals surface area contributed by atoms with Crippen molar-refractivity contribution >= 4 is 5.78 Å². The third kappa shape index (κ3) is 1.27. The van der Waals surface area contributed by atoms with E-state index in [1.165, 1.54) is 0 Å². The fraction of sp³-hybridized carbons (Fsp3) is 0.800. The van der Waals surface area contributed by atoms with Crippen molar-refractivity contribution in [3.05, 3.63) is 0 Å². The Hall–Kier alpha value is -0.370. The van der Waals surface area contributed by atoms with E-state index in [0.717, 1.165) is 19.4 Å².